The number of nitrogens with zero attached hydrogens (tertiary/aromatic N) is 1. The van der Waals surface area contributed by atoms with Gasteiger partial charge in [-0.2, -0.15) is 0 Å². The third-order valence-corrected chi connectivity index (χ3v) is 4.89. The zero-order valence-corrected chi connectivity index (χ0v) is 15.6. The molecule has 0 aliphatic carbocycles. The SMILES string of the molecule is CC1CCN(CCCNC(=S)Nc2ccc(C(C)C)cc2)CC1. The number of hydrogen-bond donors (Lipinski definition) is 2. The van der Waals surface area contributed by atoms with Crippen molar-refractivity contribution < 1.29 is 0 Å². The Hall–Kier alpha value is -1.13. The van der Waals surface area contributed by atoms with Gasteiger partial charge in [-0.05, 0) is 80.6 Å². The van der Waals surface area contributed by atoms with Gasteiger partial charge >= 0.3 is 0 Å². The number of likely N-dealkylation sites (tertiary alicyclic amines) is 1. The Morgan fingerprint density at radius 2 is 1.87 bits per heavy atom. The molecule has 2 rings (SSSR count). The highest BCUT2D eigenvalue weighted by Crippen LogP contribution is 2.17. The van der Waals surface area contributed by atoms with Crippen LogP contribution in [0.25, 0.3) is 0 Å². The first-order valence-corrected chi connectivity index (χ1v) is 9.32. The topological polar surface area (TPSA) is 27.3 Å². The van der Waals surface area contributed by atoms with E-state index in [9.17, 15) is 0 Å². The Bertz CT molecular complexity index is 476. The lowest BCUT2D eigenvalue weighted by molar-refractivity contribution is 0.191. The van der Waals surface area contributed by atoms with Crippen LogP contribution in [0.1, 0.15) is 51.5 Å². The lowest BCUT2D eigenvalue weighted by atomic mass is 9.99. The van der Waals surface area contributed by atoms with Crippen LogP contribution < -0.4 is 10.6 Å². The van der Waals surface area contributed by atoms with Crippen LogP contribution in [0.5, 0.6) is 0 Å². The van der Waals surface area contributed by atoms with Crippen LogP contribution >= 0.6 is 12.2 Å². The van der Waals surface area contributed by atoms with E-state index in [1.54, 1.807) is 0 Å². The second kappa shape index (κ2) is 9.24. The zero-order chi connectivity index (χ0) is 16.7. The average Bonchev–Trinajstić information content (AvgIpc) is 2.54. The zero-order valence-electron chi connectivity index (χ0n) is 14.8. The number of anilines is 1. The summed E-state index contributed by atoms with van der Waals surface area (Å²) in [6, 6.07) is 8.51. The first-order valence-electron chi connectivity index (χ1n) is 8.91. The van der Waals surface area contributed by atoms with E-state index in [0.717, 1.165) is 29.7 Å². The largest absolute Gasteiger partial charge is 0.362 e. The van der Waals surface area contributed by atoms with Crippen LogP contribution in [0.3, 0.4) is 0 Å². The molecule has 0 spiro atoms. The molecule has 0 unspecified atom stereocenters. The molecule has 0 saturated carbocycles. The van der Waals surface area contributed by atoms with E-state index in [2.05, 4.69) is 60.6 Å². The Balaban J connectivity index is 1.61. The summed E-state index contributed by atoms with van der Waals surface area (Å²) in [6.07, 6.45) is 3.84. The number of piperidine rings is 1. The van der Waals surface area contributed by atoms with Gasteiger partial charge in [-0.25, -0.2) is 0 Å². The number of nitrogens with one attached hydrogen (secondary N) is 2. The van der Waals surface area contributed by atoms with Crippen molar-refractivity contribution in [1.82, 2.24) is 10.2 Å². The van der Waals surface area contributed by atoms with Crippen molar-refractivity contribution in [3.8, 4) is 0 Å². The molecule has 1 saturated heterocycles. The minimum Gasteiger partial charge on any atom is -0.362 e. The van der Waals surface area contributed by atoms with E-state index >= 15 is 0 Å². The maximum absolute atomic E-state index is 5.37. The third-order valence-electron chi connectivity index (χ3n) is 4.65. The van der Waals surface area contributed by atoms with Crippen molar-refractivity contribution >= 4 is 23.0 Å². The van der Waals surface area contributed by atoms with Crippen molar-refractivity contribution in [1.29, 1.82) is 0 Å². The fourth-order valence-electron chi connectivity index (χ4n) is 2.92. The molecule has 23 heavy (non-hydrogen) atoms. The Kier molecular flexibility index (Phi) is 7.31. The minimum absolute atomic E-state index is 0.562. The molecule has 1 aromatic carbocycles. The van der Waals surface area contributed by atoms with Crippen LogP contribution in [-0.2, 0) is 0 Å². The number of thiocarbonyl (C=S) groups is 1. The quantitative estimate of drug-likeness (QED) is 0.602. The van der Waals surface area contributed by atoms with E-state index in [1.807, 2.05) is 0 Å². The molecule has 0 bridgehead atoms. The van der Waals surface area contributed by atoms with Crippen molar-refractivity contribution in [3.63, 3.8) is 0 Å². The van der Waals surface area contributed by atoms with Crippen LogP contribution in [0.4, 0.5) is 5.69 Å². The molecule has 4 heteroatoms. The highest BCUT2D eigenvalue weighted by molar-refractivity contribution is 7.80. The summed E-state index contributed by atoms with van der Waals surface area (Å²) in [7, 11) is 0. The molecule has 1 aromatic rings. The van der Waals surface area contributed by atoms with Gasteiger partial charge in [0.2, 0.25) is 0 Å². The summed E-state index contributed by atoms with van der Waals surface area (Å²) in [5.74, 6) is 1.47. The maximum Gasteiger partial charge on any atom is 0.170 e. The van der Waals surface area contributed by atoms with Gasteiger partial charge in [0.1, 0.15) is 0 Å². The highest BCUT2D eigenvalue weighted by atomic mass is 32.1. The predicted octanol–water partition coefficient (Wildman–Crippen LogP) is 4.22. The molecule has 3 nitrogen and oxygen atoms in total. The van der Waals surface area contributed by atoms with Crippen molar-refractivity contribution in [2.75, 3.05) is 31.5 Å². The summed E-state index contributed by atoms with van der Waals surface area (Å²) < 4.78 is 0. The maximum atomic E-state index is 5.37. The van der Waals surface area contributed by atoms with E-state index < -0.39 is 0 Å². The van der Waals surface area contributed by atoms with Crippen LogP contribution in [0, 0.1) is 5.92 Å². The fourth-order valence-corrected chi connectivity index (χ4v) is 3.14. The van der Waals surface area contributed by atoms with Crippen molar-refractivity contribution in [3.05, 3.63) is 29.8 Å². The molecule has 1 aliphatic rings. The summed E-state index contributed by atoms with van der Waals surface area (Å²) in [4.78, 5) is 2.57. The molecular weight excluding hydrogens is 302 g/mol. The van der Waals surface area contributed by atoms with Gasteiger partial charge < -0.3 is 15.5 Å². The average molecular weight is 334 g/mol. The molecule has 0 aromatic heterocycles. The number of hydrogen-bond acceptors (Lipinski definition) is 2. The molecule has 1 fully saturated rings. The van der Waals surface area contributed by atoms with Gasteiger partial charge in [-0.15, -0.1) is 0 Å². The van der Waals surface area contributed by atoms with Gasteiger partial charge in [-0.1, -0.05) is 32.9 Å². The molecule has 2 N–H and O–H groups in total. The number of rotatable bonds is 6. The summed E-state index contributed by atoms with van der Waals surface area (Å²) in [5, 5.41) is 7.29. The first-order chi connectivity index (χ1) is 11.0. The molecule has 0 atom stereocenters. The summed E-state index contributed by atoms with van der Waals surface area (Å²) in [5.41, 5.74) is 2.40. The van der Waals surface area contributed by atoms with Gasteiger partial charge in [0.05, 0.1) is 0 Å². The van der Waals surface area contributed by atoms with Crippen LogP contribution in [-0.4, -0.2) is 36.2 Å². The molecule has 128 valence electrons. The Labute approximate surface area is 146 Å². The van der Waals surface area contributed by atoms with E-state index in [1.165, 1.54) is 38.0 Å². The van der Waals surface area contributed by atoms with Gasteiger partial charge in [0.15, 0.2) is 5.11 Å². The molecule has 1 heterocycles. The monoisotopic (exact) mass is 333 g/mol. The Morgan fingerprint density at radius 3 is 2.48 bits per heavy atom. The normalized spacial score (nSPS) is 16.5. The Morgan fingerprint density at radius 1 is 1.22 bits per heavy atom. The molecular formula is C19H31N3S. The summed E-state index contributed by atoms with van der Waals surface area (Å²) >= 11 is 5.37. The molecule has 0 amide bonds. The lowest BCUT2D eigenvalue weighted by Gasteiger charge is -2.30. The standard InChI is InChI=1S/C19H31N3S/c1-15(2)17-5-7-18(8-6-17)21-19(23)20-11-4-12-22-13-9-16(3)10-14-22/h5-8,15-16H,4,9-14H2,1-3H3,(H2,20,21,23). The lowest BCUT2D eigenvalue weighted by Crippen LogP contribution is -2.36. The minimum atomic E-state index is 0.562. The summed E-state index contributed by atoms with van der Waals surface area (Å²) in [6.45, 7) is 11.4. The van der Waals surface area contributed by atoms with Crippen LogP contribution in [0.15, 0.2) is 24.3 Å². The van der Waals surface area contributed by atoms with Gasteiger partial charge in [0, 0.05) is 12.2 Å². The van der Waals surface area contributed by atoms with E-state index in [-0.39, 0.29) is 0 Å². The smallest absolute Gasteiger partial charge is 0.170 e. The third kappa shape index (κ3) is 6.48. The fraction of sp³-hybridized carbons (Fsp3) is 0.632. The van der Waals surface area contributed by atoms with E-state index in [4.69, 9.17) is 12.2 Å². The van der Waals surface area contributed by atoms with Crippen molar-refractivity contribution in [2.45, 2.75) is 46.0 Å². The number of benzene rings is 1. The van der Waals surface area contributed by atoms with E-state index in [0.29, 0.717) is 5.92 Å². The molecule has 1 aliphatic heterocycles. The predicted molar refractivity (Wildman–Crippen MR) is 104 cm³/mol. The second-order valence-electron chi connectivity index (χ2n) is 7.04. The second-order valence-corrected chi connectivity index (χ2v) is 7.44. The van der Waals surface area contributed by atoms with Gasteiger partial charge in [0.25, 0.3) is 0 Å². The first kappa shape index (κ1) is 18.2. The van der Waals surface area contributed by atoms with Crippen LogP contribution in [0.2, 0.25) is 0 Å². The highest BCUT2D eigenvalue weighted by Gasteiger charge is 2.14. The molecule has 0 radical (unpaired) electrons. The van der Waals surface area contributed by atoms with Crippen molar-refractivity contribution in [2.24, 2.45) is 5.92 Å². The van der Waals surface area contributed by atoms with Gasteiger partial charge in [-0.3, -0.25) is 0 Å².